The third-order valence-electron chi connectivity index (χ3n) is 8.96. The molecule has 7 aromatic rings. The monoisotopic (exact) mass is 522 g/mol. The first kappa shape index (κ1) is 23.9. The second-order valence-electron chi connectivity index (χ2n) is 11.8. The maximum atomic E-state index is 2.46. The second kappa shape index (κ2) is 9.04. The van der Waals surface area contributed by atoms with E-state index in [4.69, 9.17) is 0 Å². The van der Waals surface area contributed by atoms with Crippen LogP contribution in [0.2, 0.25) is 0 Å². The van der Waals surface area contributed by atoms with Crippen LogP contribution in [0.3, 0.4) is 0 Å². The summed E-state index contributed by atoms with van der Waals surface area (Å²) in [6.45, 7) is 4.79. The van der Waals surface area contributed by atoms with Crippen molar-refractivity contribution >= 4 is 21.5 Å². The summed E-state index contributed by atoms with van der Waals surface area (Å²) < 4.78 is 0. The highest BCUT2D eigenvalue weighted by Gasteiger charge is 2.35. The van der Waals surface area contributed by atoms with E-state index in [1.165, 1.54) is 77.2 Å². The molecule has 0 heteroatoms. The molecule has 1 aliphatic rings. The van der Waals surface area contributed by atoms with E-state index in [0.29, 0.717) is 0 Å². The predicted molar refractivity (Wildman–Crippen MR) is 175 cm³/mol. The summed E-state index contributed by atoms with van der Waals surface area (Å²) in [5, 5.41) is 5.46. The molecular weight excluding hydrogens is 492 g/mol. The lowest BCUT2D eigenvalue weighted by atomic mass is 9.80. The van der Waals surface area contributed by atoms with Crippen molar-refractivity contribution in [1.29, 1.82) is 0 Å². The molecule has 0 fully saturated rings. The van der Waals surface area contributed by atoms with E-state index >= 15 is 0 Å². The van der Waals surface area contributed by atoms with E-state index in [0.717, 1.165) is 0 Å². The van der Waals surface area contributed by atoms with Gasteiger partial charge in [-0.05, 0) is 120 Å². The highest BCUT2D eigenvalue weighted by molar-refractivity contribution is 6.16. The fourth-order valence-corrected chi connectivity index (χ4v) is 6.81. The number of rotatable bonds is 4. The lowest BCUT2D eigenvalue weighted by molar-refractivity contribution is 0.663. The van der Waals surface area contributed by atoms with Crippen molar-refractivity contribution in [2.24, 2.45) is 0 Å². The van der Waals surface area contributed by atoms with Gasteiger partial charge in [0.1, 0.15) is 0 Å². The molecule has 0 aromatic heterocycles. The first-order chi connectivity index (χ1) is 20.1. The molecule has 8 rings (SSSR count). The Balaban J connectivity index is 1.34. The molecule has 0 N–H and O–H groups in total. The first-order valence-electron chi connectivity index (χ1n) is 14.4. The van der Waals surface area contributed by atoms with E-state index in [1.807, 2.05) is 0 Å². The van der Waals surface area contributed by atoms with E-state index in [2.05, 4.69) is 159 Å². The Kier molecular flexibility index (Phi) is 5.27. The average molecular weight is 523 g/mol. The lowest BCUT2D eigenvalue weighted by Gasteiger charge is -2.23. The van der Waals surface area contributed by atoms with Crippen LogP contribution in [0, 0.1) is 0 Å². The molecule has 0 radical (unpaired) electrons. The summed E-state index contributed by atoms with van der Waals surface area (Å²) in [5.41, 5.74) is 12.8. The van der Waals surface area contributed by atoms with Crippen LogP contribution < -0.4 is 0 Å². The standard InChI is InChI=1S/C41H30/c1-41(2)37-25-35(29-16-10-5-11-17-29)20-30-18-19-31-21-36(26-38(41)40(31)39(30)37)34-23-32(27-12-6-3-7-13-27)22-33(24-34)28-14-8-4-9-15-28/h3-26H,1-2H3. The first-order valence-corrected chi connectivity index (χ1v) is 14.4. The quantitative estimate of drug-likeness (QED) is 0.202. The van der Waals surface area contributed by atoms with Crippen LogP contribution in [0.5, 0.6) is 0 Å². The van der Waals surface area contributed by atoms with E-state index in [-0.39, 0.29) is 5.41 Å². The minimum atomic E-state index is -0.0969. The van der Waals surface area contributed by atoms with Crippen LogP contribution in [-0.2, 0) is 5.41 Å². The van der Waals surface area contributed by atoms with Gasteiger partial charge in [0.25, 0.3) is 0 Å². The maximum absolute atomic E-state index is 2.46. The van der Waals surface area contributed by atoms with Gasteiger partial charge in [-0.1, -0.05) is 117 Å². The Morgan fingerprint density at radius 3 is 1.02 bits per heavy atom. The number of benzene rings is 7. The van der Waals surface area contributed by atoms with Gasteiger partial charge in [-0.2, -0.15) is 0 Å². The summed E-state index contributed by atoms with van der Waals surface area (Å²) >= 11 is 0. The summed E-state index contributed by atoms with van der Waals surface area (Å²) in [5.74, 6) is 0. The fraction of sp³-hybridized carbons (Fsp3) is 0.0732. The number of hydrogen-bond donors (Lipinski definition) is 0. The minimum Gasteiger partial charge on any atom is -0.0622 e. The van der Waals surface area contributed by atoms with Gasteiger partial charge >= 0.3 is 0 Å². The van der Waals surface area contributed by atoms with Crippen molar-refractivity contribution in [2.45, 2.75) is 19.3 Å². The molecule has 0 aliphatic heterocycles. The second-order valence-corrected chi connectivity index (χ2v) is 11.8. The zero-order chi connectivity index (χ0) is 27.6. The van der Waals surface area contributed by atoms with Gasteiger partial charge in [0.15, 0.2) is 0 Å². The van der Waals surface area contributed by atoms with E-state index in [1.54, 1.807) is 0 Å². The molecule has 0 bridgehead atoms. The summed E-state index contributed by atoms with van der Waals surface area (Å²) in [4.78, 5) is 0. The summed E-state index contributed by atoms with van der Waals surface area (Å²) in [6.07, 6.45) is 0. The van der Waals surface area contributed by atoms with Gasteiger partial charge in [-0.3, -0.25) is 0 Å². The van der Waals surface area contributed by atoms with Crippen LogP contribution in [0.15, 0.2) is 146 Å². The maximum Gasteiger partial charge on any atom is 0.0159 e. The molecular formula is C41H30. The molecule has 0 nitrogen and oxygen atoms in total. The fourth-order valence-electron chi connectivity index (χ4n) is 6.81. The topological polar surface area (TPSA) is 0 Å². The van der Waals surface area contributed by atoms with Crippen molar-refractivity contribution in [1.82, 2.24) is 0 Å². The molecule has 41 heavy (non-hydrogen) atoms. The molecule has 194 valence electrons. The molecule has 7 aromatic carbocycles. The molecule has 0 unspecified atom stereocenters. The highest BCUT2D eigenvalue weighted by Crippen LogP contribution is 2.51. The predicted octanol–water partition coefficient (Wildman–Crippen LogP) is 11.3. The van der Waals surface area contributed by atoms with Crippen molar-refractivity contribution in [3.63, 3.8) is 0 Å². The Hall–Kier alpha value is -4.94. The third kappa shape index (κ3) is 3.83. The van der Waals surface area contributed by atoms with Crippen LogP contribution in [0.4, 0.5) is 0 Å². The van der Waals surface area contributed by atoms with Crippen LogP contribution in [0.1, 0.15) is 25.0 Å². The summed E-state index contributed by atoms with van der Waals surface area (Å²) in [6, 6.07) is 53.6. The van der Waals surface area contributed by atoms with Gasteiger partial charge in [0.2, 0.25) is 0 Å². The SMILES string of the molecule is CC1(C)c2cc(-c3ccccc3)cc3ccc4cc(-c5cc(-c6ccccc6)cc(-c6ccccc6)c5)cc1c4c23. The highest BCUT2D eigenvalue weighted by atomic mass is 14.4. The van der Waals surface area contributed by atoms with Crippen molar-refractivity contribution in [2.75, 3.05) is 0 Å². The van der Waals surface area contributed by atoms with Crippen LogP contribution in [-0.4, -0.2) is 0 Å². The molecule has 0 atom stereocenters. The molecule has 0 spiro atoms. The van der Waals surface area contributed by atoms with Crippen molar-refractivity contribution in [3.8, 4) is 44.5 Å². The van der Waals surface area contributed by atoms with Gasteiger partial charge in [-0.25, -0.2) is 0 Å². The smallest absolute Gasteiger partial charge is 0.0159 e. The Morgan fingerprint density at radius 2 is 0.634 bits per heavy atom. The van der Waals surface area contributed by atoms with Crippen LogP contribution in [0.25, 0.3) is 66.1 Å². The Labute approximate surface area is 241 Å². The average Bonchev–Trinajstić information content (AvgIpc) is 3.27. The largest absolute Gasteiger partial charge is 0.0622 e. The third-order valence-corrected chi connectivity index (χ3v) is 8.96. The molecule has 0 heterocycles. The van der Waals surface area contributed by atoms with Crippen molar-refractivity contribution in [3.05, 3.63) is 157 Å². The van der Waals surface area contributed by atoms with Crippen LogP contribution >= 0.6 is 0 Å². The van der Waals surface area contributed by atoms with E-state index < -0.39 is 0 Å². The Morgan fingerprint density at radius 1 is 0.317 bits per heavy atom. The lowest BCUT2D eigenvalue weighted by Crippen LogP contribution is -2.15. The minimum absolute atomic E-state index is 0.0969. The number of hydrogen-bond acceptors (Lipinski definition) is 0. The molecule has 1 aliphatic carbocycles. The molecule has 0 saturated heterocycles. The van der Waals surface area contributed by atoms with Gasteiger partial charge in [-0.15, -0.1) is 0 Å². The summed E-state index contributed by atoms with van der Waals surface area (Å²) in [7, 11) is 0. The Bertz CT molecular complexity index is 2020. The zero-order valence-corrected chi connectivity index (χ0v) is 23.4. The van der Waals surface area contributed by atoms with Gasteiger partial charge in [0.05, 0.1) is 0 Å². The van der Waals surface area contributed by atoms with Gasteiger partial charge in [0, 0.05) is 5.41 Å². The normalized spacial score (nSPS) is 13.3. The zero-order valence-electron chi connectivity index (χ0n) is 23.4. The molecule has 0 amide bonds. The molecule has 0 saturated carbocycles. The van der Waals surface area contributed by atoms with E-state index in [9.17, 15) is 0 Å². The van der Waals surface area contributed by atoms with Crippen molar-refractivity contribution < 1.29 is 0 Å². The van der Waals surface area contributed by atoms with Gasteiger partial charge < -0.3 is 0 Å².